The van der Waals surface area contributed by atoms with Gasteiger partial charge < -0.3 is 16.4 Å². The first-order valence-corrected chi connectivity index (χ1v) is 5.28. The Morgan fingerprint density at radius 1 is 1.43 bits per heavy atom. The van der Waals surface area contributed by atoms with Crippen molar-refractivity contribution in [2.24, 2.45) is 5.73 Å². The van der Waals surface area contributed by atoms with Crippen molar-refractivity contribution in [2.45, 2.75) is 45.6 Å². The lowest BCUT2D eigenvalue weighted by Gasteiger charge is -2.25. The summed E-state index contributed by atoms with van der Waals surface area (Å²) in [5.41, 5.74) is 5.22. The molecule has 0 radical (unpaired) electrons. The van der Waals surface area contributed by atoms with E-state index in [1.807, 2.05) is 13.8 Å². The normalized spacial score (nSPS) is 11.1. The van der Waals surface area contributed by atoms with Crippen molar-refractivity contribution in [1.82, 2.24) is 10.6 Å². The summed E-state index contributed by atoms with van der Waals surface area (Å²) in [5, 5.41) is 5.69. The molecule has 0 spiro atoms. The van der Waals surface area contributed by atoms with E-state index < -0.39 is 0 Å². The van der Waals surface area contributed by atoms with Crippen molar-refractivity contribution in [3.63, 3.8) is 0 Å². The molecule has 0 fully saturated rings. The van der Waals surface area contributed by atoms with Crippen LogP contribution in [0.3, 0.4) is 0 Å². The molecule has 0 bridgehead atoms. The smallest absolute Gasteiger partial charge is 0.315 e. The fourth-order valence-electron chi connectivity index (χ4n) is 1.15. The Labute approximate surface area is 86.6 Å². The van der Waals surface area contributed by atoms with E-state index in [2.05, 4.69) is 17.6 Å². The quantitative estimate of drug-likeness (QED) is 0.565. The second-order valence-electron chi connectivity index (χ2n) is 4.16. The summed E-state index contributed by atoms with van der Waals surface area (Å²) in [4.78, 5) is 11.3. The predicted octanol–water partition coefficient (Wildman–Crippen LogP) is 1.21. The van der Waals surface area contributed by atoms with Crippen molar-refractivity contribution < 1.29 is 4.79 Å². The van der Waals surface area contributed by atoms with Gasteiger partial charge in [-0.05, 0) is 33.2 Å². The SMILES string of the molecule is CCCCNC(=O)NC(C)(C)CCN. The van der Waals surface area contributed by atoms with Crippen LogP contribution in [-0.4, -0.2) is 24.7 Å². The van der Waals surface area contributed by atoms with E-state index in [4.69, 9.17) is 5.73 Å². The summed E-state index contributed by atoms with van der Waals surface area (Å²) in [7, 11) is 0. The van der Waals surface area contributed by atoms with E-state index in [0.717, 1.165) is 25.8 Å². The molecule has 0 saturated heterocycles. The summed E-state index contributed by atoms with van der Waals surface area (Å²) in [6.45, 7) is 7.36. The Morgan fingerprint density at radius 2 is 2.07 bits per heavy atom. The van der Waals surface area contributed by atoms with Gasteiger partial charge in [0.25, 0.3) is 0 Å². The predicted molar refractivity (Wildman–Crippen MR) is 59.2 cm³/mol. The maximum Gasteiger partial charge on any atom is 0.315 e. The average molecular weight is 201 g/mol. The van der Waals surface area contributed by atoms with Gasteiger partial charge in [0.2, 0.25) is 0 Å². The third-order valence-electron chi connectivity index (χ3n) is 2.04. The first-order chi connectivity index (χ1) is 6.52. The number of nitrogens with two attached hydrogens (primary N) is 1. The Kier molecular flexibility index (Phi) is 6.28. The van der Waals surface area contributed by atoms with Crippen molar-refractivity contribution in [1.29, 1.82) is 0 Å². The molecule has 2 amide bonds. The first-order valence-electron chi connectivity index (χ1n) is 5.28. The number of nitrogens with one attached hydrogen (secondary N) is 2. The third kappa shape index (κ3) is 6.71. The molecule has 0 aliphatic carbocycles. The summed E-state index contributed by atoms with van der Waals surface area (Å²) >= 11 is 0. The largest absolute Gasteiger partial charge is 0.338 e. The highest BCUT2D eigenvalue weighted by atomic mass is 16.2. The fraction of sp³-hybridized carbons (Fsp3) is 0.900. The van der Waals surface area contributed by atoms with Crippen LogP contribution in [0.15, 0.2) is 0 Å². The molecule has 0 aromatic carbocycles. The van der Waals surface area contributed by atoms with Gasteiger partial charge >= 0.3 is 6.03 Å². The van der Waals surface area contributed by atoms with Crippen LogP contribution in [0.1, 0.15) is 40.0 Å². The van der Waals surface area contributed by atoms with Gasteiger partial charge in [0, 0.05) is 12.1 Å². The molecule has 0 aliphatic rings. The van der Waals surface area contributed by atoms with Crippen LogP contribution in [0.5, 0.6) is 0 Å². The van der Waals surface area contributed by atoms with E-state index in [-0.39, 0.29) is 11.6 Å². The average Bonchev–Trinajstić information content (AvgIpc) is 2.03. The molecule has 4 nitrogen and oxygen atoms in total. The van der Waals surface area contributed by atoms with Gasteiger partial charge in [-0.2, -0.15) is 0 Å². The van der Waals surface area contributed by atoms with Crippen molar-refractivity contribution in [3.8, 4) is 0 Å². The molecule has 0 unspecified atom stereocenters. The summed E-state index contributed by atoms with van der Waals surface area (Å²) in [6, 6.07) is -0.100. The van der Waals surface area contributed by atoms with Crippen molar-refractivity contribution in [2.75, 3.05) is 13.1 Å². The van der Waals surface area contributed by atoms with E-state index in [9.17, 15) is 4.79 Å². The molecule has 14 heavy (non-hydrogen) atoms. The molecule has 4 N–H and O–H groups in total. The fourth-order valence-corrected chi connectivity index (χ4v) is 1.15. The zero-order valence-electron chi connectivity index (χ0n) is 9.52. The number of hydrogen-bond donors (Lipinski definition) is 3. The number of hydrogen-bond acceptors (Lipinski definition) is 2. The van der Waals surface area contributed by atoms with Crippen molar-refractivity contribution >= 4 is 6.03 Å². The minimum absolute atomic E-state index is 0.100. The minimum Gasteiger partial charge on any atom is -0.338 e. The number of unbranched alkanes of at least 4 members (excludes halogenated alkanes) is 1. The highest BCUT2D eigenvalue weighted by molar-refractivity contribution is 5.74. The van der Waals surface area contributed by atoms with Crippen LogP contribution in [0.2, 0.25) is 0 Å². The van der Waals surface area contributed by atoms with Gasteiger partial charge in [-0.15, -0.1) is 0 Å². The highest BCUT2D eigenvalue weighted by Crippen LogP contribution is 2.05. The lowest BCUT2D eigenvalue weighted by Crippen LogP contribution is -2.49. The van der Waals surface area contributed by atoms with Crippen LogP contribution in [-0.2, 0) is 0 Å². The molecular weight excluding hydrogens is 178 g/mol. The Bertz CT molecular complexity index is 169. The van der Waals surface area contributed by atoms with Crippen LogP contribution in [0.4, 0.5) is 4.79 Å². The number of rotatable bonds is 6. The lowest BCUT2D eigenvalue weighted by molar-refractivity contribution is 0.228. The topological polar surface area (TPSA) is 67.2 Å². The minimum atomic E-state index is -0.217. The maximum absolute atomic E-state index is 11.3. The van der Waals surface area contributed by atoms with E-state index in [1.54, 1.807) is 0 Å². The lowest BCUT2D eigenvalue weighted by atomic mass is 10.0. The number of carbonyl (C=O) groups is 1. The van der Waals surface area contributed by atoms with Gasteiger partial charge in [-0.25, -0.2) is 4.79 Å². The molecule has 0 aromatic heterocycles. The van der Waals surface area contributed by atoms with Crippen LogP contribution < -0.4 is 16.4 Å². The molecule has 4 heteroatoms. The van der Waals surface area contributed by atoms with Gasteiger partial charge in [0.05, 0.1) is 0 Å². The summed E-state index contributed by atoms with van der Waals surface area (Å²) in [6.07, 6.45) is 2.89. The van der Waals surface area contributed by atoms with Gasteiger partial charge in [-0.1, -0.05) is 13.3 Å². The van der Waals surface area contributed by atoms with Crippen LogP contribution in [0.25, 0.3) is 0 Å². The van der Waals surface area contributed by atoms with Crippen LogP contribution >= 0.6 is 0 Å². The molecule has 0 aromatic rings. The second-order valence-corrected chi connectivity index (χ2v) is 4.16. The molecule has 0 rings (SSSR count). The number of amides is 2. The van der Waals surface area contributed by atoms with E-state index >= 15 is 0 Å². The highest BCUT2D eigenvalue weighted by Gasteiger charge is 2.18. The molecule has 0 atom stereocenters. The van der Waals surface area contributed by atoms with Gasteiger partial charge in [0.1, 0.15) is 0 Å². The van der Waals surface area contributed by atoms with Crippen molar-refractivity contribution in [3.05, 3.63) is 0 Å². The van der Waals surface area contributed by atoms with Gasteiger partial charge in [-0.3, -0.25) is 0 Å². The second kappa shape index (κ2) is 6.65. The molecule has 0 saturated carbocycles. The Balaban J connectivity index is 3.69. The number of carbonyl (C=O) groups excluding carboxylic acids is 1. The third-order valence-corrected chi connectivity index (χ3v) is 2.04. The number of urea groups is 1. The first kappa shape index (κ1) is 13.2. The monoisotopic (exact) mass is 201 g/mol. The Hall–Kier alpha value is -0.770. The van der Waals surface area contributed by atoms with Gasteiger partial charge in [0.15, 0.2) is 0 Å². The summed E-state index contributed by atoms with van der Waals surface area (Å²) in [5.74, 6) is 0. The van der Waals surface area contributed by atoms with E-state index in [1.165, 1.54) is 0 Å². The maximum atomic E-state index is 11.3. The summed E-state index contributed by atoms with van der Waals surface area (Å²) < 4.78 is 0. The standard InChI is InChI=1S/C10H23N3O/c1-4-5-8-12-9(14)13-10(2,3)6-7-11/h4-8,11H2,1-3H3,(H2,12,13,14). The molecular formula is C10H23N3O. The Morgan fingerprint density at radius 3 is 2.57 bits per heavy atom. The molecule has 84 valence electrons. The molecule has 0 aliphatic heterocycles. The molecule has 0 heterocycles. The zero-order valence-corrected chi connectivity index (χ0v) is 9.52. The van der Waals surface area contributed by atoms with Crippen LogP contribution in [0, 0.1) is 0 Å². The van der Waals surface area contributed by atoms with E-state index in [0.29, 0.717) is 6.54 Å². The zero-order chi connectivity index (χ0) is 11.0.